The first-order chi connectivity index (χ1) is 7.56. The molecule has 0 spiro atoms. The van der Waals surface area contributed by atoms with Crippen molar-refractivity contribution in [1.29, 1.82) is 0 Å². The van der Waals surface area contributed by atoms with Crippen molar-refractivity contribution >= 4 is 11.9 Å². The third-order valence-corrected chi connectivity index (χ3v) is 2.63. The number of carbonyl (C=O) groups excluding carboxylic acids is 1. The highest BCUT2D eigenvalue weighted by Gasteiger charge is 2.35. The van der Waals surface area contributed by atoms with Crippen LogP contribution in [0.2, 0.25) is 0 Å². The lowest BCUT2D eigenvalue weighted by molar-refractivity contribution is -0.140. The first kappa shape index (κ1) is 12.7. The van der Waals surface area contributed by atoms with Crippen molar-refractivity contribution in [3.8, 4) is 0 Å². The molecule has 1 fully saturated rings. The Bertz CT molecular complexity index is 287. The third-order valence-electron chi connectivity index (χ3n) is 2.63. The van der Waals surface area contributed by atoms with Crippen LogP contribution in [0, 0.1) is 0 Å². The quantitative estimate of drug-likeness (QED) is 0.609. The zero-order chi connectivity index (χ0) is 12.1. The van der Waals surface area contributed by atoms with Gasteiger partial charge in [0.15, 0.2) is 0 Å². The van der Waals surface area contributed by atoms with Gasteiger partial charge in [0, 0.05) is 12.6 Å². The average Bonchev–Trinajstić information content (AvgIpc) is 3.05. The second kappa shape index (κ2) is 5.65. The molecule has 1 atom stereocenters. The van der Waals surface area contributed by atoms with Gasteiger partial charge < -0.3 is 10.4 Å². The highest BCUT2D eigenvalue weighted by Crippen LogP contribution is 2.28. The zero-order valence-corrected chi connectivity index (χ0v) is 9.48. The molecule has 0 aromatic carbocycles. The Kier molecular flexibility index (Phi) is 4.49. The fourth-order valence-electron chi connectivity index (χ4n) is 1.62. The van der Waals surface area contributed by atoms with Crippen LogP contribution >= 0.6 is 0 Å². The molecule has 0 aliphatic heterocycles. The predicted octanol–water partition coefficient (Wildman–Crippen LogP) is 0.226. The highest BCUT2D eigenvalue weighted by molar-refractivity contribution is 5.82. The number of hydrogen-bond acceptors (Lipinski definition) is 3. The summed E-state index contributed by atoms with van der Waals surface area (Å²) in [6, 6.07) is -0.149. The molecule has 0 aromatic heterocycles. The van der Waals surface area contributed by atoms with Gasteiger partial charge >= 0.3 is 5.97 Å². The fourth-order valence-corrected chi connectivity index (χ4v) is 1.62. The monoisotopic (exact) mass is 226 g/mol. The number of aliphatic carboxylic acids is 1. The zero-order valence-electron chi connectivity index (χ0n) is 9.48. The molecule has 0 radical (unpaired) electrons. The SMILES string of the molecule is C=CCNC(=O)C(C)N(CC(=O)O)C1CC1. The largest absolute Gasteiger partial charge is 0.480 e. The first-order valence-corrected chi connectivity index (χ1v) is 5.42. The van der Waals surface area contributed by atoms with Gasteiger partial charge in [-0.2, -0.15) is 0 Å². The maximum atomic E-state index is 11.7. The van der Waals surface area contributed by atoms with Crippen molar-refractivity contribution < 1.29 is 14.7 Å². The number of hydrogen-bond donors (Lipinski definition) is 2. The van der Waals surface area contributed by atoms with Crippen molar-refractivity contribution in [2.45, 2.75) is 31.8 Å². The van der Waals surface area contributed by atoms with Gasteiger partial charge in [-0.3, -0.25) is 14.5 Å². The van der Waals surface area contributed by atoms with Gasteiger partial charge in [0.25, 0.3) is 0 Å². The summed E-state index contributed by atoms with van der Waals surface area (Å²) in [5.74, 6) is -1.04. The fraction of sp³-hybridized carbons (Fsp3) is 0.636. The number of nitrogens with zero attached hydrogens (tertiary/aromatic N) is 1. The van der Waals surface area contributed by atoms with Crippen LogP contribution in [-0.2, 0) is 9.59 Å². The summed E-state index contributed by atoms with van der Waals surface area (Å²) in [6.45, 7) is 5.58. The number of carboxylic acids is 1. The van der Waals surface area contributed by atoms with Crippen molar-refractivity contribution in [2.24, 2.45) is 0 Å². The van der Waals surface area contributed by atoms with Gasteiger partial charge in [-0.05, 0) is 19.8 Å². The second-order valence-corrected chi connectivity index (χ2v) is 4.01. The first-order valence-electron chi connectivity index (χ1n) is 5.42. The Balaban J connectivity index is 2.52. The minimum Gasteiger partial charge on any atom is -0.480 e. The van der Waals surface area contributed by atoms with Gasteiger partial charge in [0.05, 0.1) is 12.6 Å². The minimum atomic E-state index is -0.893. The molecule has 2 N–H and O–H groups in total. The van der Waals surface area contributed by atoms with E-state index in [-0.39, 0.29) is 18.5 Å². The van der Waals surface area contributed by atoms with E-state index in [4.69, 9.17) is 5.11 Å². The summed E-state index contributed by atoms with van der Waals surface area (Å²) in [6.07, 6.45) is 3.56. The summed E-state index contributed by atoms with van der Waals surface area (Å²) in [4.78, 5) is 24.1. The minimum absolute atomic E-state index is 0.0760. The van der Waals surface area contributed by atoms with E-state index in [2.05, 4.69) is 11.9 Å². The summed E-state index contributed by atoms with van der Waals surface area (Å²) >= 11 is 0. The van der Waals surface area contributed by atoms with Crippen LogP contribution < -0.4 is 5.32 Å². The van der Waals surface area contributed by atoms with Gasteiger partial charge in [-0.1, -0.05) is 6.08 Å². The number of nitrogens with one attached hydrogen (secondary N) is 1. The Labute approximate surface area is 95.1 Å². The average molecular weight is 226 g/mol. The van der Waals surface area contributed by atoms with Crippen LogP contribution in [-0.4, -0.2) is 47.1 Å². The van der Waals surface area contributed by atoms with Crippen LogP contribution in [0.4, 0.5) is 0 Å². The third kappa shape index (κ3) is 3.66. The molecule has 1 amide bonds. The summed E-state index contributed by atoms with van der Waals surface area (Å²) in [5.41, 5.74) is 0. The smallest absolute Gasteiger partial charge is 0.317 e. The molecule has 1 unspecified atom stereocenters. The summed E-state index contributed by atoms with van der Waals surface area (Å²) in [5, 5.41) is 11.5. The van der Waals surface area contributed by atoms with Crippen LogP contribution in [0.15, 0.2) is 12.7 Å². The Morgan fingerprint density at radius 2 is 2.25 bits per heavy atom. The Morgan fingerprint density at radius 3 is 2.69 bits per heavy atom. The second-order valence-electron chi connectivity index (χ2n) is 4.01. The number of carboxylic acid groups (broad SMARTS) is 1. The molecule has 16 heavy (non-hydrogen) atoms. The maximum absolute atomic E-state index is 11.7. The highest BCUT2D eigenvalue weighted by atomic mass is 16.4. The predicted molar refractivity (Wildman–Crippen MR) is 60.0 cm³/mol. The molecule has 1 aliphatic rings. The van der Waals surface area contributed by atoms with Crippen molar-refractivity contribution in [2.75, 3.05) is 13.1 Å². The standard InChI is InChI=1S/C11H18N2O3/c1-3-6-12-11(16)8(2)13(7-10(14)15)9-4-5-9/h3,8-9H,1,4-7H2,2H3,(H,12,16)(H,14,15). The molecule has 0 aromatic rings. The molecule has 5 heteroatoms. The van der Waals surface area contributed by atoms with E-state index in [1.54, 1.807) is 17.9 Å². The van der Waals surface area contributed by atoms with E-state index < -0.39 is 12.0 Å². The lowest BCUT2D eigenvalue weighted by atomic mass is 10.2. The maximum Gasteiger partial charge on any atom is 0.317 e. The van der Waals surface area contributed by atoms with Crippen LogP contribution in [0.1, 0.15) is 19.8 Å². The van der Waals surface area contributed by atoms with Gasteiger partial charge in [-0.25, -0.2) is 0 Å². The number of rotatable bonds is 7. The van der Waals surface area contributed by atoms with E-state index >= 15 is 0 Å². The molecule has 0 bridgehead atoms. The van der Waals surface area contributed by atoms with E-state index in [1.165, 1.54) is 0 Å². The van der Waals surface area contributed by atoms with E-state index in [0.717, 1.165) is 12.8 Å². The molecule has 5 nitrogen and oxygen atoms in total. The normalized spacial score (nSPS) is 16.9. The summed E-state index contributed by atoms with van der Waals surface area (Å²) < 4.78 is 0. The lowest BCUT2D eigenvalue weighted by Crippen LogP contribution is -2.48. The van der Waals surface area contributed by atoms with Crippen LogP contribution in [0.25, 0.3) is 0 Å². The molecular formula is C11H18N2O3. The van der Waals surface area contributed by atoms with Crippen molar-refractivity contribution in [1.82, 2.24) is 10.2 Å². The molecule has 90 valence electrons. The molecule has 1 aliphatic carbocycles. The Morgan fingerprint density at radius 1 is 1.62 bits per heavy atom. The Hall–Kier alpha value is -1.36. The van der Waals surface area contributed by atoms with Gasteiger partial charge in [-0.15, -0.1) is 6.58 Å². The lowest BCUT2D eigenvalue weighted by Gasteiger charge is -2.26. The van der Waals surface area contributed by atoms with Crippen molar-refractivity contribution in [3.05, 3.63) is 12.7 Å². The number of carbonyl (C=O) groups is 2. The molecular weight excluding hydrogens is 208 g/mol. The van der Waals surface area contributed by atoms with Crippen LogP contribution in [0.3, 0.4) is 0 Å². The molecule has 0 heterocycles. The van der Waals surface area contributed by atoms with Crippen molar-refractivity contribution in [3.63, 3.8) is 0 Å². The van der Waals surface area contributed by atoms with E-state index in [1.807, 2.05) is 0 Å². The van der Waals surface area contributed by atoms with E-state index in [0.29, 0.717) is 6.54 Å². The van der Waals surface area contributed by atoms with E-state index in [9.17, 15) is 9.59 Å². The summed E-state index contributed by atoms with van der Waals surface area (Å²) in [7, 11) is 0. The van der Waals surface area contributed by atoms with Gasteiger partial charge in [0.1, 0.15) is 0 Å². The molecule has 1 saturated carbocycles. The van der Waals surface area contributed by atoms with Gasteiger partial charge in [0.2, 0.25) is 5.91 Å². The number of amides is 1. The molecule has 0 saturated heterocycles. The van der Waals surface area contributed by atoms with Crippen LogP contribution in [0.5, 0.6) is 0 Å². The molecule has 1 rings (SSSR count). The topological polar surface area (TPSA) is 69.6 Å².